The summed E-state index contributed by atoms with van der Waals surface area (Å²) in [7, 11) is -3.78. The molecule has 1 unspecified atom stereocenters. The first kappa shape index (κ1) is 25.0. The Hall–Kier alpha value is -2.30. The molecule has 2 rings (SSSR count). The Balaban J connectivity index is 2.66. The summed E-state index contributed by atoms with van der Waals surface area (Å²) in [5.41, 5.74) is 4.02. The van der Waals surface area contributed by atoms with Crippen LogP contribution in [0.25, 0.3) is 5.57 Å². The highest BCUT2D eigenvalue weighted by Gasteiger charge is 2.27. The maximum atomic E-state index is 12.4. The van der Waals surface area contributed by atoms with Crippen LogP contribution in [-0.2, 0) is 19.1 Å². The number of allylic oxidation sites excluding steroid dienone is 1. The number of carbonyl (C=O) groups excluding carboxylic acids is 1. The fourth-order valence-corrected chi connectivity index (χ4v) is 4.60. The molecule has 1 atom stereocenters. The average molecular weight is 448 g/mol. The number of aryl methyl sites for hydroxylation is 2. The lowest BCUT2D eigenvalue weighted by atomic mass is 9.87. The van der Waals surface area contributed by atoms with E-state index >= 15 is 0 Å². The Bertz CT molecular complexity index is 991. The summed E-state index contributed by atoms with van der Waals surface area (Å²) < 4.78 is 30.3. The van der Waals surface area contributed by atoms with Crippen molar-refractivity contribution in [2.75, 3.05) is 18.8 Å². The van der Waals surface area contributed by atoms with Crippen LogP contribution in [-0.4, -0.2) is 49.3 Å². The number of nitrogens with zero attached hydrogens (tertiary/aromatic N) is 1. The molecule has 0 saturated heterocycles. The molecule has 7 heteroatoms. The molecule has 0 aliphatic carbocycles. The lowest BCUT2D eigenvalue weighted by Gasteiger charge is -2.27. The van der Waals surface area contributed by atoms with Crippen molar-refractivity contribution < 1.29 is 22.5 Å². The zero-order valence-corrected chi connectivity index (χ0v) is 19.9. The molecule has 1 amide bonds. The van der Waals surface area contributed by atoms with Crippen LogP contribution in [0.1, 0.15) is 68.7 Å². The van der Waals surface area contributed by atoms with E-state index in [1.54, 1.807) is 11.8 Å². The van der Waals surface area contributed by atoms with Gasteiger partial charge in [-0.1, -0.05) is 5.92 Å². The van der Waals surface area contributed by atoms with E-state index in [0.717, 1.165) is 22.3 Å². The summed E-state index contributed by atoms with van der Waals surface area (Å²) >= 11 is 0. The van der Waals surface area contributed by atoms with Crippen LogP contribution in [0.5, 0.6) is 0 Å². The highest BCUT2D eigenvalue weighted by atomic mass is 32.2. The molecular formula is C24H33NO5S. The van der Waals surface area contributed by atoms with Crippen molar-refractivity contribution in [1.82, 2.24) is 4.90 Å². The normalized spacial score (nSPS) is 20.6. The van der Waals surface area contributed by atoms with Gasteiger partial charge in [0.2, 0.25) is 5.91 Å². The van der Waals surface area contributed by atoms with E-state index < -0.39 is 16.2 Å². The number of aliphatic hydroxyl groups excluding tert-OH is 1. The van der Waals surface area contributed by atoms with Gasteiger partial charge in [-0.15, -0.1) is 5.92 Å². The third kappa shape index (κ3) is 6.59. The number of benzene rings is 1. The van der Waals surface area contributed by atoms with Crippen LogP contribution in [0, 0.1) is 25.7 Å². The van der Waals surface area contributed by atoms with Crippen molar-refractivity contribution in [3.05, 3.63) is 40.1 Å². The zero-order chi connectivity index (χ0) is 23.2. The highest BCUT2D eigenvalue weighted by molar-refractivity contribution is 7.86. The fourth-order valence-electron chi connectivity index (χ4n) is 4.01. The van der Waals surface area contributed by atoms with E-state index in [-0.39, 0.29) is 17.4 Å². The van der Waals surface area contributed by atoms with Crippen LogP contribution in [0.2, 0.25) is 0 Å². The quantitative estimate of drug-likeness (QED) is 0.564. The number of aliphatic hydroxyl groups is 1. The van der Waals surface area contributed by atoms with Gasteiger partial charge in [0.05, 0.1) is 11.9 Å². The standard InChI is InChI=1S/C24H33NO5S/c1-6-10-20-15-17(3)23(18(4)16-20)24-21(27)11-8-13-25(19(5)26)14-9-12-22(24)30-31(28,29)7-2/h15-16,21,27H,7-9,11-14H2,1-5H3/b24-22-. The molecule has 170 valence electrons. The van der Waals surface area contributed by atoms with Crippen LogP contribution < -0.4 is 0 Å². The molecule has 0 aromatic heterocycles. The van der Waals surface area contributed by atoms with Crippen molar-refractivity contribution in [3.8, 4) is 11.8 Å². The van der Waals surface area contributed by atoms with E-state index in [0.29, 0.717) is 44.3 Å². The molecule has 1 aromatic rings. The smallest absolute Gasteiger partial charge is 0.308 e. The lowest BCUT2D eigenvalue weighted by Crippen LogP contribution is -2.32. The van der Waals surface area contributed by atoms with Gasteiger partial charge in [-0.2, -0.15) is 8.42 Å². The molecule has 0 saturated carbocycles. The van der Waals surface area contributed by atoms with E-state index in [9.17, 15) is 18.3 Å². The average Bonchev–Trinajstić information content (AvgIpc) is 2.68. The molecule has 0 fully saturated rings. The van der Waals surface area contributed by atoms with Crippen molar-refractivity contribution in [1.29, 1.82) is 0 Å². The molecule has 0 radical (unpaired) electrons. The molecular weight excluding hydrogens is 414 g/mol. The van der Waals surface area contributed by atoms with Crippen LogP contribution >= 0.6 is 0 Å². The second-order valence-electron chi connectivity index (χ2n) is 7.89. The summed E-state index contributed by atoms with van der Waals surface area (Å²) in [6.45, 7) is 9.77. The number of amides is 1. The molecule has 0 spiro atoms. The lowest BCUT2D eigenvalue weighted by molar-refractivity contribution is -0.129. The van der Waals surface area contributed by atoms with Gasteiger partial charge in [0.1, 0.15) is 5.76 Å². The summed E-state index contributed by atoms with van der Waals surface area (Å²) in [6, 6.07) is 3.89. The number of hydrogen-bond acceptors (Lipinski definition) is 5. The SMILES string of the molecule is CC#Cc1cc(C)c(/C2=C(\OS(=O)(=O)CC)CCCN(C(C)=O)CCCC2O)c(C)c1. The molecule has 1 aliphatic heterocycles. The number of hydrogen-bond donors (Lipinski definition) is 1. The van der Waals surface area contributed by atoms with Gasteiger partial charge < -0.3 is 14.2 Å². The third-order valence-corrected chi connectivity index (χ3v) is 6.63. The van der Waals surface area contributed by atoms with Gasteiger partial charge in [-0.05, 0) is 75.8 Å². The second-order valence-corrected chi connectivity index (χ2v) is 9.75. The molecule has 1 heterocycles. The van der Waals surface area contributed by atoms with E-state index in [4.69, 9.17) is 4.18 Å². The fraction of sp³-hybridized carbons (Fsp3) is 0.542. The predicted molar refractivity (Wildman–Crippen MR) is 123 cm³/mol. The minimum absolute atomic E-state index is 0.0257. The zero-order valence-electron chi connectivity index (χ0n) is 19.1. The van der Waals surface area contributed by atoms with Gasteiger partial charge in [0, 0.05) is 37.6 Å². The molecule has 1 aliphatic rings. The topological polar surface area (TPSA) is 83.9 Å². The Kier molecular flexibility index (Phi) is 8.72. The maximum absolute atomic E-state index is 12.4. The first-order valence-corrected chi connectivity index (χ1v) is 12.3. The number of carbonyl (C=O) groups is 1. The van der Waals surface area contributed by atoms with Crippen LogP contribution in [0.4, 0.5) is 0 Å². The van der Waals surface area contributed by atoms with Gasteiger partial charge in [-0.25, -0.2) is 0 Å². The van der Waals surface area contributed by atoms with Crippen LogP contribution in [0.15, 0.2) is 17.9 Å². The largest absolute Gasteiger partial charge is 0.388 e. The molecule has 1 N–H and O–H groups in total. The first-order chi connectivity index (χ1) is 14.6. The van der Waals surface area contributed by atoms with Gasteiger partial charge >= 0.3 is 10.1 Å². The molecule has 31 heavy (non-hydrogen) atoms. The minimum atomic E-state index is -3.78. The molecule has 0 bridgehead atoms. The minimum Gasteiger partial charge on any atom is -0.388 e. The highest BCUT2D eigenvalue weighted by Crippen LogP contribution is 2.35. The Labute approximate surface area is 186 Å². The summed E-state index contributed by atoms with van der Waals surface area (Å²) in [4.78, 5) is 13.6. The maximum Gasteiger partial charge on any atom is 0.308 e. The van der Waals surface area contributed by atoms with E-state index in [1.807, 2.05) is 26.0 Å². The van der Waals surface area contributed by atoms with E-state index in [1.165, 1.54) is 13.8 Å². The Morgan fingerprint density at radius 3 is 2.39 bits per heavy atom. The van der Waals surface area contributed by atoms with E-state index in [2.05, 4.69) is 11.8 Å². The second kappa shape index (κ2) is 10.8. The molecule has 6 nitrogen and oxygen atoms in total. The summed E-state index contributed by atoms with van der Waals surface area (Å²) in [5.74, 6) is 6.02. The van der Waals surface area contributed by atoms with Gasteiger partial charge in [-0.3, -0.25) is 4.79 Å². The van der Waals surface area contributed by atoms with Crippen LogP contribution in [0.3, 0.4) is 0 Å². The Morgan fingerprint density at radius 1 is 1.23 bits per heavy atom. The third-order valence-electron chi connectivity index (χ3n) is 5.47. The van der Waals surface area contributed by atoms with Crippen molar-refractivity contribution in [2.45, 2.75) is 66.4 Å². The van der Waals surface area contributed by atoms with Crippen molar-refractivity contribution in [3.63, 3.8) is 0 Å². The summed E-state index contributed by atoms with van der Waals surface area (Å²) in [6.07, 6.45) is 0.949. The first-order valence-electron chi connectivity index (χ1n) is 10.7. The van der Waals surface area contributed by atoms with Crippen molar-refractivity contribution >= 4 is 21.6 Å². The molecule has 1 aromatic carbocycles. The van der Waals surface area contributed by atoms with Gasteiger partial charge in [0.15, 0.2) is 0 Å². The number of rotatable bonds is 4. The van der Waals surface area contributed by atoms with Gasteiger partial charge in [0.25, 0.3) is 0 Å². The Morgan fingerprint density at radius 2 is 1.84 bits per heavy atom. The van der Waals surface area contributed by atoms with Crippen molar-refractivity contribution in [2.24, 2.45) is 0 Å². The summed E-state index contributed by atoms with van der Waals surface area (Å²) in [5, 5.41) is 11.2. The monoisotopic (exact) mass is 447 g/mol. The predicted octanol–water partition coefficient (Wildman–Crippen LogP) is 3.54.